The van der Waals surface area contributed by atoms with Gasteiger partial charge < -0.3 is 9.88 Å². The maximum Gasteiger partial charge on any atom is 0.244 e. The summed E-state index contributed by atoms with van der Waals surface area (Å²) in [5.41, 5.74) is 3.49. The smallest absolute Gasteiger partial charge is 0.244 e. The van der Waals surface area contributed by atoms with Gasteiger partial charge in [-0.1, -0.05) is 47.5 Å². The number of rotatable bonds is 5. The summed E-state index contributed by atoms with van der Waals surface area (Å²) < 4.78 is 1.54. The lowest BCUT2D eigenvalue weighted by Crippen LogP contribution is -2.25. The monoisotopic (exact) mass is 459 g/mol. The molecule has 0 unspecified atom stereocenters. The third-order valence-electron chi connectivity index (χ3n) is 5.39. The van der Waals surface area contributed by atoms with E-state index in [1.807, 2.05) is 32.0 Å². The van der Waals surface area contributed by atoms with Crippen molar-refractivity contribution in [2.75, 3.05) is 5.32 Å². The molecule has 1 amide bonds. The third-order valence-corrected chi connectivity index (χ3v) is 5.80. The average molecular weight is 460 g/mol. The molecule has 0 spiro atoms. The minimum Gasteiger partial charge on any atom is -0.324 e. The molecular weight excluding hydrogens is 438 g/mol. The molecule has 6 nitrogen and oxygen atoms in total. The molecule has 0 radical (unpaired) electrons. The number of aromatic nitrogens is 2. The van der Waals surface area contributed by atoms with Crippen LogP contribution in [0, 0.1) is 20.8 Å². The van der Waals surface area contributed by atoms with Crippen LogP contribution in [-0.2, 0) is 11.3 Å². The van der Waals surface area contributed by atoms with Gasteiger partial charge in [0, 0.05) is 28.2 Å². The van der Waals surface area contributed by atoms with E-state index in [0.29, 0.717) is 27.6 Å². The number of carbonyl (C=O) groups excluding carboxylic acids is 2. The Labute approximate surface area is 195 Å². The normalized spacial score (nSPS) is 10.9. The van der Waals surface area contributed by atoms with Crippen LogP contribution in [-0.4, -0.2) is 21.2 Å². The predicted octanol–water partition coefficient (Wildman–Crippen LogP) is 4.84. The molecule has 0 bridgehead atoms. The number of hydrogen-bond acceptors (Lipinski definition) is 4. The molecular formula is C26H22ClN3O3. The number of hydrogen-bond donors (Lipinski definition) is 1. The number of nitrogens with zero attached hydrogens (tertiary/aromatic N) is 2. The minimum atomic E-state index is -0.412. The van der Waals surface area contributed by atoms with Crippen molar-refractivity contribution in [3.05, 3.63) is 104 Å². The minimum absolute atomic E-state index is 0.0109. The Balaban J connectivity index is 1.75. The van der Waals surface area contributed by atoms with E-state index in [0.717, 1.165) is 11.1 Å². The molecule has 2 aromatic heterocycles. The SMILES string of the molecule is Cc1ccc(C(=O)c2cn(CC(=O)Nc3ccc(C)c(Cl)c3)c3nc(C)ccc3c2=O)cc1. The number of carbonyl (C=O) groups is 2. The van der Waals surface area contributed by atoms with E-state index in [9.17, 15) is 14.4 Å². The lowest BCUT2D eigenvalue weighted by molar-refractivity contribution is -0.116. The van der Waals surface area contributed by atoms with Crippen LogP contribution in [0.2, 0.25) is 5.02 Å². The first-order valence-corrected chi connectivity index (χ1v) is 10.8. The fourth-order valence-corrected chi connectivity index (χ4v) is 3.71. The molecule has 33 heavy (non-hydrogen) atoms. The summed E-state index contributed by atoms with van der Waals surface area (Å²) in [5.74, 6) is -0.737. The molecule has 0 saturated carbocycles. The summed E-state index contributed by atoms with van der Waals surface area (Å²) in [6, 6.07) is 15.6. The number of nitrogens with one attached hydrogen (secondary N) is 1. The zero-order chi connectivity index (χ0) is 23.7. The van der Waals surface area contributed by atoms with Crippen LogP contribution in [0.5, 0.6) is 0 Å². The Kier molecular flexibility index (Phi) is 6.11. The van der Waals surface area contributed by atoms with Crippen LogP contribution < -0.4 is 10.7 Å². The van der Waals surface area contributed by atoms with Crippen molar-refractivity contribution in [2.45, 2.75) is 27.3 Å². The van der Waals surface area contributed by atoms with Gasteiger partial charge in [0.2, 0.25) is 11.3 Å². The Morgan fingerprint density at radius 3 is 2.42 bits per heavy atom. The molecule has 2 aromatic carbocycles. The maximum absolute atomic E-state index is 13.1. The first kappa shape index (κ1) is 22.4. The predicted molar refractivity (Wildman–Crippen MR) is 130 cm³/mol. The second-order valence-corrected chi connectivity index (χ2v) is 8.44. The van der Waals surface area contributed by atoms with Crippen LogP contribution in [0.1, 0.15) is 32.7 Å². The summed E-state index contributed by atoms with van der Waals surface area (Å²) in [5, 5.41) is 3.63. The standard InChI is InChI=1S/C26H22ClN3O3/c1-15-4-8-18(9-5-15)24(32)21-13-30(26-20(25(21)33)11-7-17(3)28-26)14-23(31)29-19-10-6-16(2)22(27)12-19/h4-13H,14H2,1-3H3,(H,29,31). The molecule has 2 heterocycles. The van der Waals surface area contributed by atoms with Gasteiger partial charge in [-0.3, -0.25) is 14.4 Å². The molecule has 7 heteroatoms. The van der Waals surface area contributed by atoms with Crippen molar-refractivity contribution >= 4 is 40.0 Å². The van der Waals surface area contributed by atoms with Gasteiger partial charge in [-0.15, -0.1) is 0 Å². The molecule has 166 valence electrons. The maximum atomic E-state index is 13.1. The molecule has 0 aliphatic heterocycles. The highest BCUT2D eigenvalue weighted by Gasteiger charge is 2.19. The lowest BCUT2D eigenvalue weighted by Gasteiger charge is -2.13. The van der Waals surface area contributed by atoms with Gasteiger partial charge in [-0.2, -0.15) is 0 Å². The van der Waals surface area contributed by atoms with E-state index in [-0.39, 0.29) is 23.4 Å². The topological polar surface area (TPSA) is 81.1 Å². The highest BCUT2D eigenvalue weighted by Crippen LogP contribution is 2.20. The first-order chi connectivity index (χ1) is 15.7. The van der Waals surface area contributed by atoms with E-state index in [2.05, 4.69) is 10.3 Å². The molecule has 0 saturated heterocycles. The molecule has 0 aliphatic carbocycles. The first-order valence-electron chi connectivity index (χ1n) is 10.4. The van der Waals surface area contributed by atoms with Crippen LogP contribution in [0.15, 0.2) is 65.6 Å². The van der Waals surface area contributed by atoms with Gasteiger partial charge in [0.15, 0.2) is 5.78 Å². The molecule has 1 N–H and O–H groups in total. The van der Waals surface area contributed by atoms with Crippen LogP contribution in [0.3, 0.4) is 0 Å². The Morgan fingerprint density at radius 2 is 1.73 bits per heavy atom. The van der Waals surface area contributed by atoms with Crippen molar-refractivity contribution in [2.24, 2.45) is 0 Å². The number of amides is 1. The van der Waals surface area contributed by atoms with Gasteiger partial charge in [0.05, 0.1) is 10.9 Å². The van der Waals surface area contributed by atoms with Crippen molar-refractivity contribution in [3.8, 4) is 0 Å². The van der Waals surface area contributed by atoms with Gasteiger partial charge in [-0.05, 0) is 50.6 Å². The molecule has 4 rings (SSSR count). The van der Waals surface area contributed by atoms with Crippen molar-refractivity contribution < 1.29 is 9.59 Å². The van der Waals surface area contributed by atoms with E-state index < -0.39 is 11.2 Å². The Morgan fingerprint density at radius 1 is 1.00 bits per heavy atom. The van der Waals surface area contributed by atoms with Crippen molar-refractivity contribution in [1.82, 2.24) is 9.55 Å². The second-order valence-electron chi connectivity index (χ2n) is 8.03. The molecule has 0 aliphatic rings. The second kappa shape index (κ2) is 9.00. The summed E-state index contributed by atoms with van der Waals surface area (Å²) in [4.78, 5) is 43.5. The largest absolute Gasteiger partial charge is 0.324 e. The van der Waals surface area contributed by atoms with E-state index >= 15 is 0 Å². The van der Waals surface area contributed by atoms with Crippen molar-refractivity contribution in [3.63, 3.8) is 0 Å². The van der Waals surface area contributed by atoms with Crippen LogP contribution >= 0.6 is 11.6 Å². The number of halogens is 1. The van der Waals surface area contributed by atoms with Crippen molar-refractivity contribution in [1.29, 1.82) is 0 Å². The van der Waals surface area contributed by atoms with E-state index in [4.69, 9.17) is 11.6 Å². The fourth-order valence-electron chi connectivity index (χ4n) is 3.53. The van der Waals surface area contributed by atoms with Gasteiger partial charge in [-0.25, -0.2) is 4.98 Å². The van der Waals surface area contributed by atoms with Crippen LogP contribution in [0.4, 0.5) is 5.69 Å². The third kappa shape index (κ3) is 4.71. The van der Waals surface area contributed by atoms with Gasteiger partial charge >= 0.3 is 0 Å². The Bertz CT molecular complexity index is 1460. The molecule has 4 aromatic rings. The number of anilines is 1. The summed E-state index contributed by atoms with van der Waals surface area (Å²) >= 11 is 6.16. The number of benzene rings is 2. The number of ketones is 1. The highest BCUT2D eigenvalue weighted by molar-refractivity contribution is 6.31. The number of aryl methyl sites for hydroxylation is 3. The number of pyridine rings is 2. The lowest BCUT2D eigenvalue weighted by atomic mass is 10.0. The quantitative estimate of drug-likeness (QED) is 0.433. The zero-order valence-corrected chi connectivity index (χ0v) is 19.2. The summed E-state index contributed by atoms with van der Waals surface area (Å²) in [6.07, 6.45) is 1.42. The summed E-state index contributed by atoms with van der Waals surface area (Å²) in [7, 11) is 0. The molecule has 0 atom stereocenters. The van der Waals surface area contributed by atoms with Gasteiger partial charge in [0.25, 0.3) is 0 Å². The Hall–Kier alpha value is -3.77. The zero-order valence-electron chi connectivity index (χ0n) is 18.5. The summed E-state index contributed by atoms with van der Waals surface area (Å²) in [6.45, 7) is 5.47. The fraction of sp³-hybridized carbons (Fsp3) is 0.154. The van der Waals surface area contributed by atoms with Gasteiger partial charge in [0.1, 0.15) is 12.2 Å². The van der Waals surface area contributed by atoms with E-state index in [1.165, 1.54) is 10.8 Å². The van der Waals surface area contributed by atoms with Crippen LogP contribution in [0.25, 0.3) is 11.0 Å². The molecule has 0 fully saturated rings. The average Bonchev–Trinajstić information content (AvgIpc) is 2.78. The highest BCUT2D eigenvalue weighted by atomic mass is 35.5. The number of fused-ring (bicyclic) bond motifs is 1. The van der Waals surface area contributed by atoms with E-state index in [1.54, 1.807) is 43.3 Å².